The third kappa shape index (κ3) is 8.18. The number of aryl methyl sites for hydroxylation is 2. The van der Waals surface area contributed by atoms with Gasteiger partial charge < -0.3 is 16.0 Å². The number of nitrogens with zero attached hydrogens (tertiary/aromatic N) is 5. The Hall–Kier alpha value is -3.88. The number of amides is 1. The van der Waals surface area contributed by atoms with Gasteiger partial charge in [-0.2, -0.15) is 15.0 Å². The predicted molar refractivity (Wildman–Crippen MR) is 173 cm³/mol. The van der Waals surface area contributed by atoms with Gasteiger partial charge in [-0.3, -0.25) is 9.52 Å². The molecule has 4 aromatic rings. The van der Waals surface area contributed by atoms with Gasteiger partial charge in [0.2, 0.25) is 28.2 Å². The van der Waals surface area contributed by atoms with Gasteiger partial charge in [-0.25, -0.2) is 8.42 Å². The molecule has 1 aliphatic rings. The predicted octanol–water partition coefficient (Wildman–Crippen LogP) is 5.57. The average molecular weight is 656 g/mol. The van der Waals surface area contributed by atoms with Crippen LogP contribution in [-0.2, 0) is 21.4 Å². The zero-order valence-electron chi connectivity index (χ0n) is 24.6. The second kappa shape index (κ2) is 13.8. The number of halogens is 1. The number of rotatable bonds is 11. The number of sulfonamides is 1. The Balaban J connectivity index is 1.07. The Kier molecular flexibility index (Phi) is 9.91. The highest BCUT2D eigenvalue weighted by atomic mass is 35.5. The minimum Gasteiger partial charge on any atom is -0.354 e. The van der Waals surface area contributed by atoms with Gasteiger partial charge in [0.25, 0.3) is 10.0 Å². The third-order valence-electron chi connectivity index (χ3n) is 7.71. The van der Waals surface area contributed by atoms with E-state index in [-0.39, 0.29) is 27.1 Å². The van der Waals surface area contributed by atoms with Crippen LogP contribution in [0.3, 0.4) is 0 Å². The van der Waals surface area contributed by atoms with Crippen molar-refractivity contribution >= 4 is 61.6 Å². The first-order chi connectivity index (χ1) is 21.1. The van der Waals surface area contributed by atoms with E-state index in [1.807, 2.05) is 6.07 Å². The van der Waals surface area contributed by atoms with Gasteiger partial charge in [-0.1, -0.05) is 29.5 Å². The monoisotopic (exact) mass is 655 g/mol. The van der Waals surface area contributed by atoms with Crippen LogP contribution in [0.1, 0.15) is 47.4 Å². The summed E-state index contributed by atoms with van der Waals surface area (Å²) in [4.78, 5) is 25.9. The molecule has 0 saturated heterocycles. The smallest absolute Gasteiger partial charge is 0.263 e. The highest BCUT2D eigenvalue weighted by Gasteiger charge is 2.27. The molecular weight excluding hydrogens is 622 g/mol. The maximum Gasteiger partial charge on any atom is 0.263 e. The second-order valence-electron chi connectivity index (χ2n) is 10.8. The van der Waals surface area contributed by atoms with Crippen LogP contribution in [0.5, 0.6) is 0 Å². The molecule has 0 bridgehead atoms. The van der Waals surface area contributed by atoms with Crippen molar-refractivity contribution < 1.29 is 13.2 Å². The Morgan fingerprint density at radius 2 is 1.64 bits per heavy atom. The number of benzene rings is 2. The van der Waals surface area contributed by atoms with E-state index in [1.165, 1.54) is 23.3 Å². The van der Waals surface area contributed by atoms with Crippen LogP contribution < -0.4 is 20.7 Å². The minimum atomic E-state index is -3.80. The largest absolute Gasteiger partial charge is 0.354 e. The molecule has 15 heteroatoms. The fourth-order valence-electron chi connectivity index (χ4n) is 5.02. The topological polar surface area (TPSA) is 164 Å². The summed E-state index contributed by atoms with van der Waals surface area (Å²) in [5.41, 5.74) is 4.15. The molecule has 0 unspecified atom stereocenters. The number of carbonyl (C=O) groups is 1. The highest BCUT2D eigenvalue weighted by molar-refractivity contribution is 7.93. The molecule has 2 aromatic heterocycles. The third-order valence-corrected chi connectivity index (χ3v) is 10.1. The van der Waals surface area contributed by atoms with Gasteiger partial charge in [-0.15, -0.1) is 10.2 Å². The number of aromatic nitrogens is 5. The summed E-state index contributed by atoms with van der Waals surface area (Å²) in [5.74, 6) is 0.979. The molecule has 0 radical (unpaired) electrons. The molecular formula is C29H34ClN9O3S2. The van der Waals surface area contributed by atoms with Crippen LogP contribution in [0.25, 0.3) is 0 Å². The van der Waals surface area contributed by atoms with E-state index in [9.17, 15) is 13.2 Å². The molecule has 1 saturated carbocycles. The molecule has 0 atom stereocenters. The first-order valence-electron chi connectivity index (χ1n) is 14.2. The lowest BCUT2D eigenvalue weighted by Crippen LogP contribution is -2.29. The molecule has 1 aliphatic carbocycles. The van der Waals surface area contributed by atoms with Gasteiger partial charge in [0.15, 0.2) is 0 Å². The van der Waals surface area contributed by atoms with Crippen molar-refractivity contribution in [1.82, 2.24) is 25.1 Å². The number of hydrogen-bond donors (Lipinski definition) is 4. The lowest BCUT2D eigenvalue weighted by molar-refractivity contribution is -0.121. The lowest BCUT2D eigenvalue weighted by atomic mass is 9.81. The van der Waals surface area contributed by atoms with Crippen molar-refractivity contribution in [2.24, 2.45) is 11.8 Å². The number of nitrogens with one attached hydrogen (secondary N) is 4. The van der Waals surface area contributed by atoms with E-state index in [0.29, 0.717) is 41.6 Å². The Morgan fingerprint density at radius 3 is 2.32 bits per heavy atom. The molecule has 2 heterocycles. The zero-order valence-corrected chi connectivity index (χ0v) is 27.0. The number of carbonyl (C=O) groups excluding carboxylic acids is 1. The SMILES string of the molecule is Cc1nnc(NS(=O)(=O)c2ccc(NC(=O)[C@H]3CC[C@H](CNc4nc(Cl)nc(NCc5cccc(C)c5C)n4)CC3)cc2)s1. The van der Waals surface area contributed by atoms with Crippen LogP contribution in [0.15, 0.2) is 47.4 Å². The van der Waals surface area contributed by atoms with E-state index in [1.54, 1.807) is 19.1 Å². The molecule has 232 valence electrons. The molecule has 2 aromatic carbocycles. The fourth-order valence-corrected chi connectivity index (χ4v) is 7.01. The van der Waals surface area contributed by atoms with E-state index in [0.717, 1.165) is 42.6 Å². The summed E-state index contributed by atoms with van der Waals surface area (Å²) in [5, 5.41) is 18.0. The summed E-state index contributed by atoms with van der Waals surface area (Å²) in [7, 11) is -3.80. The summed E-state index contributed by atoms with van der Waals surface area (Å²) in [6, 6.07) is 12.2. The van der Waals surface area contributed by atoms with Crippen LogP contribution in [0.4, 0.5) is 22.7 Å². The maximum atomic E-state index is 12.9. The van der Waals surface area contributed by atoms with Crippen molar-refractivity contribution in [3.05, 3.63) is 69.4 Å². The van der Waals surface area contributed by atoms with Crippen molar-refractivity contribution in [1.29, 1.82) is 0 Å². The molecule has 4 N–H and O–H groups in total. The zero-order chi connectivity index (χ0) is 31.3. The molecule has 5 rings (SSSR count). The lowest BCUT2D eigenvalue weighted by Gasteiger charge is -2.28. The van der Waals surface area contributed by atoms with Crippen molar-refractivity contribution in [2.75, 3.05) is 27.2 Å². The fraction of sp³-hybridized carbons (Fsp3) is 0.379. The Bertz CT molecular complexity index is 1720. The van der Waals surface area contributed by atoms with Gasteiger partial charge in [-0.05, 0) is 105 Å². The first kappa shape index (κ1) is 31.5. The van der Waals surface area contributed by atoms with E-state index in [4.69, 9.17) is 11.6 Å². The summed E-state index contributed by atoms with van der Waals surface area (Å²) in [6.45, 7) is 7.15. The Morgan fingerprint density at radius 1 is 0.932 bits per heavy atom. The normalized spacial score (nSPS) is 16.7. The average Bonchev–Trinajstić information content (AvgIpc) is 3.40. The van der Waals surface area contributed by atoms with E-state index in [2.05, 4.69) is 71.8 Å². The number of anilines is 4. The molecule has 1 amide bonds. The van der Waals surface area contributed by atoms with Crippen molar-refractivity contribution in [3.63, 3.8) is 0 Å². The summed E-state index contributed by atoms with van der Waals surface area (Å²) < 4.78 is 27.7. The van der Waals surface area contributed by atoms with Crippen molar-refractivity contribution in [2.45, 2.75) is 57.9 Å². The molecule has 1 fully saturated rings. The van der Waals surface area contributed by atoms with Crippen LogP contribution in [0.2, 0.25) is 5.28 Å². The van der Waals surface area contributed by atoms with Gasteiger partial charge in [0, 0.05) is 24.7 Å². The minimum absolute atomic E-state index is 0.0695. The summed E-state index contributed by atoms with van der Waals surface area (Å²) in [6.07, 6.45) is 3.23. The second-order valence-corrected chi connectivity index (χ2v) is 14.0. The molecule has 0 spiro atoms. The highest BCUT2D eigenvalue weighted by Crippen LogP contribution is 2.30. The van der Waals surface area contributed by atoms with Gasteiger partial charge in [0.1, 0.15) is 5.01 Å². The van der Waals surface area contributed by atoms with Gasteiger partial charge >= 0.3 is 0 Å². The number of hydrogen-bond acceptors (Lipinski definition) is 11. The molecule has 0 aliphatic heterocycles. The van der Waals surface area contributed by atoms with Crippen LogP contribution in [-0.4, -0.2) is 46.0 Å². The maximum absolute atomic E-state index is 12.9. The molecule has 12 nitrogen and oxygen atoms in total. The molecule has 44 heavy (non-hydrogen) atoms. The van der Waals surface area contributed by atoms with Crippen molar-refractivity contribution in [3.8, 4) is 0 Å². The quantitative estimate of drug-likeness (QED) is 0.161. The first-order valence-corrected chi connectivity index (χ1v) is 16.9. The Labute approximate surface area is 265 Å². The van der Waals surface area contributed by atoms with E-state index >= 15 is 0 Å². The van der Waals surface area contributed by atoms with Crippen LogP contribution in [0, 0.1) is 32.6 Å². The standard InChI is InChI=1S/C29H34ClN9O3S2/c1-17-5-4-6-22(18(17)2)16-32-28-35-26(30)34-27(36-28)31-15-20-7-9-21(10-8-20)25(40)33-23-11-13-24(14-12-23)44(41,42)39-29-38-37-19(3)43-29/h4-6,11-14,20-21H,7-10,15-16H2,1-3H3,(H,33,40)(H,38,39)(H2,31,32,34,35,36)/t20-,21-. The van der Waals surface area contributed by atoms with Crippen LogP contribution >= 0.6 is 22.9 Å². The summed E-state index contributed by atoms with van der Waals surface area (Å²) >= 11 is 7.32. The van der Waals surface area contributed by atoms with E-state index < -0.39 is 10.0 Å². The van der Waals surface area contributed by atoms with Gasteiger partial charge in [0.05, 0.1) is 4.90 Å².